The van der Waals surface area contributed by atoms with Gasteiger partial charge in [0.05, 0.1) is 26.4 Å². The van der Waals surface area contributed by atoms with Crippen LogP contribution < -0.4 is 0 Å². The van der Waals surface area contributed by atoms with Gasteiger partial charge in [-0.25, -0.2) is 9.13 Å². The van der Waals surface area contributed by atoms with E-state index in [1.165, 1.54) is 161 Å². The van der Waals surface area contributed by atoms with E-state index in [4.69, 9.17) is 37.0 Å². The number of hydrogen-bond donors (Lipinski definition) is 3. The third-order valence-corrected chi connectivity index (χ3v) is 18.2. The van der Waals surface area contributed by atoms with Crippen molar-refractivity contribution in [3.8, 4) is 0 Å². The lowest BCUT2D eigenvalue weighted by atomic mass is 9.99. The topological polar surface area (TPSA) is 237 Å². The molecule has 0 saturated heterocycles. The van der Waals surface area contributed by atoms with Crippen LogP contribution in [-0.2, 0) is 65.4 Å². The van der Waals surface area contributed by atoms with Gasteiger partial charge in [-0.05, 0) is 37.5 Å². The molecule has 0 radical (unpaired) electrons. The molecular weight excluding hydrogens is 1160 g/mol. The number of rotatable bonds is 68. The van der Waals surface area contributed by atoms with E-state index in [1.54, 1.807) is 0 Å². The molecule has 3 unspecified atom stereocenters. The fraction of sp³-hybridized carbons (Fsp3) is 0.942. The van der Waals surface area contributed by atoms with Gasteiger partial charge in [0.15, 0.2) is 12.2 Å². The number of carbonyl (C=O) groups is 4. The second-order valence-corrected chi connectivity index (χ2v) is 28.5. The van der Waals surface area contributed by atoms with Gasteiger partial charge in [0.2, 0.25) is 0 Å². The van der Waals surface area contributed by atoms with Crippen LogP contribution in [0.15, 0.2) is 0 Å². The van der Waals surface area contributed by atoms with Crippen LogP contribution in [0.3, 0.4) is 0 Å². The van der Waals surface area contributed by atoms with Crippen LogP contribution in [0.5, 0.6) is 0 Å². The first-order chi connectivity index (χ1) is 42.4. The molecule has 0 heterocycles. The Morgan fingerprint density at radius 2 is 0.580 bits per heavy atom. The Balaban J connectivity index is 5.25. The monoisotopic (exact) mass is 1300 g/mol. The lowest BCUT2D eigenvalue weighted by molar-refractivity contribution is -0.161. The first-order valence-corrected chi connectivity index (χ1v) is 39.0. The minimum absolute atomic E-state index is 0.106. The molecule has 0 saturated carbocycles. The van der Waals surface area contributed by atoms with E-state index < -0.39 is 97.5 Å². The van der Waals surface area contributed by atoms with Gasteiger partial charge in [-0.1, -0.05) is 298 Å². The lowest BCUT2D eigenvalue weighted by Crippen LogP contribution is -2.30. The average molecular weight is 1300 g/mol. The van der Waals surface area contributed by atoms with Gasteiger partial charge in [-0.3, -0.25) is 37.3 Å². The van der Waals surface area contributed by atoms with Gasteiger partial charge >= 0.3 is 39.5 Å². The second-order valence-electron chi connectivity index (χ2n) is 25.6. The smallest absolute Gasteiger partial charge is 0.462 e. The first-order valence-electron chi connectivity index (χ1n) is 36.0. The molecule has 0 amide bonds. The molecule has 0 aromatic heterocycles. The summed E-state index contributed by atoms with van der Waals surface area (Å²) in [6.07, 6.45) is 45.8. The molecule has 0 aliphatic rings. The Kier molecular flexibility index (Phi) is 59.9. The number of esters is 4. The summed E-state index contributed by atoms with van der Waals surface area (Å²) in [4.78, 5) is 72.5. The van der Waals surface area contributed by atoms with Crippen LogP contribution in [0.1, 0.15) is 350 Å². The van der Waals surface area contributed by atoms with Crippen LogP contribution in [-0.4, -0.2) is 96.7 Å². The number of aliphatic hydroxyl groups excluding tert-OH is 1. The van der Waals surface area contributed by atoms with Crippen LogP contribution in [0.2, 0.25) is 0 Å². The van der Waals surface area contributed by atoms with E-state index in [1.807, 2.05) is 0 Å². The molecular formula is C69H134O17P2. The fourth-order valence-electron chi connectivity index (χ4n) is 10.4. The Morgan fingerprint density at radius 3 is 0.864 bits per heavy atom. The second kappa shape index (κ2) is 61.3. The summed E-state index contributed by atoms with van der Waals surface area (Å²) in [6.45, 7) is 9.46. The molecule has 0 bridgehead atoms. The molecule has 0 aliphatic heterocycles. The van der Waals surface area contributed by atoms with Crippen LogP contribution in [0, 0.1) is 11.8 Å². The van der Waals surface area contributed by atoms with E-state index in [0.717, 1.165) is 102 Å². The fourth-order valence-corrected chi connectivity index (χ4v) is 12.0. The molecule has 0 aromatic carbocycles. The molecule has 3 N–H and O–H groups in total. The van der Waals surface area contributed by atoms with Gasteiger partial charge in [0, 0.05) is 25.7 Å². The highest BCUT2D eigenvalue weighted by Crippen LogP contribution is 2.45. The highest BCUT2D eigenvalue weighted by atomic mass is 31.2. The van der Waals surface area contributed by atoms with Gasteiger partial charge in [0.25, 0.3) is 0 Å². The minimum Gasteiger partial charge on any atom is -0.462 e. The van der Waals surface area contributed by atoms with E-state index in [0.29, 0.717) is 31.6 Å². The van der Waals surface area contributed by atoms with Crippen molar-refractivity contribution in [2.24, 2.45) is 11.8 Å². The zero-order chi connectivity index (χ0) is 65.0. The standard InChI is InChI=1S/C69H134O17P2/c1-7-10-12-14-16-18-20-22-23-24-26-28-34-42-48-54-69(74)85-64(57-79-66(71)51-45-39-32-30-29-31-38-44-50-62(6)9-3)59-83-87(75,76)81-55-63(70)56-82-88(77,78)84-60-65(58-80-67(72)52-46-40-36-35-37-43-49-61(4)5)86-68(73)53-47-41-33-27-25-21-19-17-15-13-11-8-2/h61-65,70H,7-60H2,1-6H3,(H,75,76)(H,77,78)/t62?,63-,64-,65-/m1/s1. The molecule has 0 aromatic rings. The molecule has 0 rings (SSSR count). The van der Waals surface area contributed by atoms with Crippen molar-refractivity contribution in [1.82, 2.24) is 0 Å². The lowest BCUT2D eigenvalue weighted by Gasteiger charge is -2.21. The summed E-state index contributed by atoms with van der Waals surface area (Å²) in [5.41, 5.74) is 0. The molecule has 19 heteroatoms. The van der Waals surface area contributed by atoms with Crippen molar-refractivity contribution in [2.75, 3.05) is 39.6 Å². The number of phosphoric acid groups is 2. The first kappa shape index (κ1) is 86.1. The summed E-state index contributed by atoms with van der Waals surface area (Å²) < 4.78 is 68.2. The summed E-state index contributed by atoms with van der Waals surface area (Å²) >= 11 is 0. The van der Waals surface area contributed by atoms with Crippen LogP contribution in [0.25, 0.3) is 0 Å². The SMILES string of the molecule is CCCCCCCCCCCCCCCCCC(=O)O[C@H](COC(=O)CCCCCCCCCCC(C)CC)COP(=O)(O)OC[C@@H](O)COP(=O)(O)OC[C@@H](COC(=O)CCCCCCCCC(C)C)OC(=O)CCCCCCCCCCCCCC. The Bertz CT molecular complexity index is 1720. The zero-order valence-corrected chi connectivity index (χ0v) is 58.8. The number of ether oxygens (including phenoxy) is 4. The molecule has 0 aliphatic carbocycles. The number of phosphoric ester groups is 2. The van der Waals surface area contributed by atoms with Gasteiger partial charge in [0.1, 0.15) is 19.3 Å². The summed E-state index contributed by atoms with van der Waals surface area (Å²) in [6, 6.07) is 0. The number of carbonyl (C=O) groups excluding carboxylic acids is 4. The minimum atomic E-state index is -4.95. The van der Waals surface area contributed by atoms with Crippen molar-refractivity contribution in [3.63, 3.8) is 0 Å². The van der Waals surface area contributed by atoms with Crippen molar-refractivity contribution in [2.45, 2.75) is 368 Å². The molecule has 0 spiro atoms. The molecule has 0 fully saturated rings. The van der Waals surface area contributed by atoms with E-state index in [2.05, 4.69) is 41.5 Å². The summed E-state index contributed by atoms with van der Waals surface area (Å²) in [5.74, 6) is -0.669. The predicted molar refractivity (Wildman–Crippen MR) is 354 cm³/mol. The third-order valence-electron chi connectivity index (χ3n) is 16.3. The number of aliphatic hydroxyl groups is 1. The van der Waals surface area contributed by atoms with Crippen molar-refractivity contribution in [3.05, 3.63) is 0 Å². The molecule has 88 heavy (non-hydrogen) atoms. The normalized spacial score (nSPS) is 14.5. The largest absolute Gasteiger partial charge is 0.472 e. The van der Waals surface area contributed by atoms with Crippen LogP contribution >= 0.6 is 15.6 Å². The number of unbranched alkanes of at least 4 members (excludes halogenated alkanes) is 37. The van der Waals surface area contributed by atoms with E-state index >= 15 is 0 Å². The van der Waals surface area contributed by atoms with Gasteiger partial charge in [-0.2, -0.15) is 0 Å². The predicted octanol–water partition coefficient (Wildman–Crippen LogP) is 19.6. The highest BCUT2D eigenvalue weighted by molar-refractivity contribution is 7.47. The highest BCUT2D eigenvalue weighted by Gasteiger charge is 2.30. The van der Waals surface area contributed by atoms with Crippen molar-refractivity contribution < 1.29 is 80.2 Å². The van der Waals surface area contributed by atoms with Gasteiger partial charge in [-0.15, -0.1) is 0 Å². The molecule has 522 valence electrons. The van der Waals surface area contributed by atoms with E-state index in [9.17, 15) is 43.2 Å². The Hall–Kier alpha value is -1.94. The third kappa shape index (κ3) is 61.6. The Morgan fingerprint density at radius 1 is 0.330 bits per heavy atom. The zero-order valence-electron chi connectivity index (χ0n) is 57.0. The van der Waals surface area contributed by atoms with Crippen LogP contribution in [0.4, 0.5) is 0 Å². The maximum Gasteiger partial charge on any atom is 0.472 e. The summed E-state index contributed by atoms with van der Waals surface area (Å²) in [7, 11) is -9.90. The molecule has 6 atom stereocenters. The van der Waals surface area contributed by atoms with Crippen molar-refractivity contribution >= 4 is 39.5 Å². The number of hydrogen-bond acceptors (Lipinski definition) is 15. The van der Waals surface area contributed by atoms with Crippen molar-refractivity contribution in [1.29, 1.82) is 0 Å². The summed E-state index contributed by atoms with van der Waals surface area (Å²) in [5, 5.41) is 10.6. The van der Waals surface area contributed by atoms with Gasteiger partial charge < -0.3 is 33.8 Å². The molecule has 17 nitrogen and oxygen atoms in total. The Labute approximate surface area is 537 Å². The maximum atomic E-state index is 13.0. The van der Waals surface area contributed by atoms with E-state index in [-0.39, 0.29) is 25.7 Å². The quantitative estimate of drug-likeness (QED) is 0.0222. The maximum absolute atomic E-state index is 13.0. The average Bonchev–Trinajstić information content (AvgIpc) is 3.66.